The second-order valence-electron chi connectivity index (χ2n) is 6.25. The van der Waals surface area contributed by atoms with Crippen molar-refractivity contribution in [1.82, 2.24) is 0 Å². The number of carbonyl (C=O) groups excluding carboxylic acids is 2. The summed E-state index contributed by atoms with van der Waals surface area (Å²) in [6.45, 7) is 5.81. The van der Waals surface area contributed by atoms with Crippen LogP contribution in [-0.2, 0) is 9.59 Å². The molecule has 0 atom stereocenters. The summed E-state index contributed by atoms with van der Waals surface area (Å²) in [6, 6.07) is 12.1. The molecule has 0 aromatic heterocycles. The standard InChI is InChI=1S/C20H17Cl2NO2S/c1-11(2)26-18-17(13-4-6-14(21)7-5-13)19(24)23(20(18)25)16-9-8-15(22)10-12(16)3/h4-11H,1-3H3. The van der Waals surface area contributed by atoms with E-state index < -0.39 is 0 Å². The van der Waals surface area contributed by atoms with Crippen LogP contribution >= 0.6 is 35.0 Å². The Bertz CT molecular complexity index is 920. The van der Waals surface area contributed by atoms with E-state index in [0.29, 0.717) is 31.8 Å². The molecule has 134 valence electrons. The van der Waals surface area contributed by atoms with Crippen LogP contribution in [0.5, 0.6) is 0 Å². The first-order chi connectivity index (χ1) is 12.3. The van der Waals surface area contributed by atoms with Gasteiger partial charge in [0.2, 0.25) is 0 Å². The number of carbonyl (C=O) groups is 2. The Balaban J connectivity index is 2.12. The van der Waals surface area contributed by atoms with Crippen molar-refractivity contribution in [3.05, 3.63) is 68.5 Å². The van der Waals surface area contributed by atoms with Gasteiger partial charge >= 0.3 is 0 Å². The minimum atomic E-state index is -0.328. The van der Waals surface area contributed by atoms with Crippen molar-refractivity contribution < 1.29 is 9.59 Å². The smallest absolute Gasteiger partial charge is 0.268 e. The van der Waals surface area contributed by atoms with E-state index in [1.165, 1.54) is 16.7 Å². The average Bonchev–Trinajstić information content (AvgIpc) is 2.79. The fourth-order valence-electron chi connectivity index (χ4n) is 2.81. The van der Waals surface area contributed by atoms with Crippen LogP contribution in [0.25, 0.3) is 5.57 Å². The van der Waals surface area contributed by atoms with Crippen molar-refractivity contribution in [3.8, 4) is 0 Å². The van der Waals surface area contributed by atoms with Crippen molar-refractivity contribution in [2.24, 2.45) is 0 Å². The Morgan fingerprint density at radius 3 is 2.12 bits per heavy atom. The van der Waals surface area contributed by atoms with Crippen molar-refractivity contribution in [2.45, 2.75) is 26.0 Å². The summed E-state index contributed by atoms with van der Waals surface area (Å²) < 4.78 is 0. The van der Waals surface area contributed by atoms with E-state index in [4.69, 9.17) is 23.2 Å². The van der Waals surface area contributed by atoms with Gasteiger partial charge < -0.3 is 0 Å². The summed E-state index contributed by atoms with van der Waals surface area (Å²) in [5.74, 6) is -0.630. The molecule has 1 aliphatic heterocycles. The van der Waals surface area contributed by atoms with Gasteiger partial charge in [0.15, 0.2) is 0 Å². The van der Waals surface area contributed by atoms with Crippen molar-refractivity contribution >= 4 is 58.0 Å². The number of aryl methyl sites for hydroxylation is 1. The second-order valence-corrected chi connectivity index (χ2v) is 8.71. The molecule has 0 saturated carbocycles. The fourth-order valence-corrected chi connectivity index (χ4v) is 4.15. The van der Waals surface area contributed by atoms with Gasteiger partial charge in [0.1, 0.15) is 0 Å². The molecule has 1 heterocycles. The fraction of sp³-hybridized carbons (Fsp3) is 0.200. The molecule has 3 rings (SSSR count). The Hall–Kier alpha value is -1.75. The van der Waals surface area contributed by atoms with E-state index in [0.717, 1.165) is 5.56 Å². The highest BCUT2D eigenvalue weighted by Gasteiger charge is 2.41. The third kappa shape index (κ3) is 3.54. The summed E-state index contributed by atoms with van der Waals surface area (Å²) >= 11 is 13.4. The molecule has 3 nitrogen and oxygen atoms in total. The van der Waals surface area contributed by atoms with Crippen LogP contribution in [0.1, 0.15) is 25.0 Å². The van der Waals surface area contributed by atoms with E-state index in [9.17, 15) is 9.59 Å². The molecule has 0 aliphatic carbocycles. The molecule has 0 fully saturated rings. The highest BCUT2D eigenvalue weighted by Crippen LogP contribution is 2.41. The van der Waals surface area contributed by atoms with Crippen LogP contribution in [-0.4, -0.2) is 17.1 Å². The summed E-state index contributed by atoms with van der Waals surface area (Å²) in [7, 11) is 0. The van der Waals surface area contributed by atoms with E-state index in [1.807, 2.05) is 20.8 Å². The molecular weight excluding hydrogens is 389 g/mol. The third-order valence-corrected chi connectivity index (χ3v) is 5.50. The van der Waals surface area contributed by atoms with Crippen LogP contribution < -0.4 is 4.90 Å². The molecule has 0 radical (unpaired) electrons. The van der Waals surface area contributed by atoms with Crippen LogP contribution in [0.15, 0.2) is 47.4 Å². The number of imide groups is 1. The topological polar surface area (TPSA) is 37.4 Å². The molecule has 0 N–H and O–H groups in total. The number of thioether (sulfide) groups is 1. The molecule has 2 aromatic carbocycles. The number of benzene rings is 2. The zero-order valence-electron chi connectivity index (χ0n) is 14.5. The summed E-state index contributed by atoms with van der Waals surface area (Å²) in [5.41, 5.74) is 2.42. The van der Waals surface area contributed by atoms with Gasteiger partial charge in [0, 0.05) is 15.3 Å². The average molecular weight is 406 g/mol. The Morgan fingerprint density at radius 1 is 0.923 bits per heavy atom. The Labute approximate surface area is 167 Å². The molecule has 0 saturated heterocycles. The lowest BCUT2D eigenvalue weighted by Crippen LogP contribution is -2.32. The minimum absolute atomic E-state index is 0.162. The monoisotopic (exact) mass is 405 g/mol. The lowest BCUT2D eigenvalue weighted by atomic mass is 10.1. The molecule has 2 amide bonds. The predicted molar refractivity (Wildman–Crippen MR) is 110 cm³/mol. The number of nitrogens with zero attached hydrogens (tertiary/aromatic N) is 1. The van der Waals surface area contributed by atoms with Crippen LogP contribution in [0.2, 0.25) is 10.0 Å². The lowest BCUT2D eigenvalue weighted by Gasteiger charge is -2.18. The van der Waals surface area contributed by atoms with Gasteiger partial charge in [-0.3, -0.25) is 9.59 Å². The molecule has 2 aromatic rings. The SMILES string of the molecule is Cc1cc(Cl)ccc1N1C(=O)C(SC(C)C)=C(c2ccc(Cl)cc2)C1=O. The first-order valence-electron chi connectivity index (χ1n) is 8.11. The van der Waals surface area contributed by atoms with E-state index in [1.54, 1.807) is 42.5 Å². The van der Waals surface area contributed by atoms with Gasteiger partial charge in [0.05, 0.1) is 16.2 Å². The predicted octanol–water partition coefficient (Wildman–Crippen LogP) is 5.73. The Kier molecular flexibility index (Phi) is 5.47. The lowest BCUT2D eigenvalue weighted by molar-refractivity contribution is -0.119. The molecule has 6 heteroatoms. The van der Waals surface area contributed by atoms with E-state index in [2.05, 4.69) is 0 Å². The van der Waals surface area contributed by atoms with Gasteiger partial charge in [-0.05, 0) is 48.4 Å². The minimum Gasteiger partial charge on any atom is -0.268 e. The highest BCUT2D eigenvalue weighted by atomic mass is 35.5. The second kappa shape index (κ2) is 7.47. The van der Waals surface area contributed by atoms with Crippen LogP contribution in [0.4, 0.5) is 5.69 Å². The zero-order valence-corrected chi connectivity index (χ0v) is 16.9. The van der Waals surface area contributed by atoms with Crippen molar-refractivity contribution in [1.29, 1.82) is 0 Å². The number of rotatable bonds is 4. The first-order valence-corrected chi connectivity index (χ1v) is 9.75. The number of halogens is 2. The van der Waals surface area contributed by atoms with Gasteiger partial charge in [-0.1, -0.05) is 49.2 Å². The molecular formula is C20H17Cl2NO2S. The maximum absolute atomic E-state index is 13.2. The number of hydrogen-bond acceptors (Lipinski definition) is 3. The summed E-state index contributed by atoms with van der Waals surface area (Å²) in [6.07, 6.45) is 0. The van der Waals surface area contributed by atoms with Crippen LogP contribution in [0.3, 0.4) is 0 Å². The molecule has 0 unspecified atom stereocenters. The molecule has 0 bridgehead atoms. The van der Waals surface area contributed by atoms with E-state index in [-0.39, 0.29) is 17.1 Å². The maximum atomic E-state index is 13.2. The van der Waals surface area contributed by atoms with Gasteiger partial charge in [-0.25, -0.2) is 4.90 Å². The zero-order chi connectivity index (χ0) is 19.0. The Morgan fingerprint density at radius 2 is 1.54 bits per heavy atom. The van der Waals surface area contributed by atoms with Crippen molar-refractivity contribution in [2.75, 3.05) is 4.90 Å². The van der Waals surface area contributed by atoms with Gasteiger partial charge in [-0.2, -0.15) is 0 Å². The summed E-state index contributed by atoms with van der Waals surface area (Å²) in [4.78, 5) is 28.0. The van der Waals surface area contributed by atoms with E-state index >= 15 is 0 Å². The first kappa shape index (κ1) is 19.0. The normalized spacial score (nSPS) is 14.8. The third-order valence-electron chi connectivity index (χ3n) is 3.93. The molecule has 1 aliphatic rings. The highest BCUT2D eigenvalue weighted by molar-refractivity contribution is 8.04. The maximum Gasteiger partial charge on any atom is 0.272 e. The number of hydrogen-bond donors (Lipinski definition) is 0. The largest absolute Gasteiger partial charge is 0.272 e. The summed E-state index contributed by atoms with van der Waals surface area (Å²) in [5, 5.41) is 1.30. The van der Waals surface area contributed by atoms with Gasteiger partial charge in [-0.15, -0.1) is 11.8 Å². The van der Waals surface area contributed by atoms with Gasteiger partial charge in [0.25, 0.3) is 11.8 Å². The number of amides is 2. The molecule has 0 spiro atoms. The van der Waals surface area contributed by atoms with Crippen molar-refractivity contribution in [3.63, 3.8) is 0 Å². The molecule has 26 heavy (non-hydrogen) atoms. The number of anilines is 1. The van der Waals surface area contributed by atoms with Crippen LogP contribution in [0, 0.1) is 6.92 Å². The quantitative estimate of drug-likeness (QED) is 0.609.